The van der Waals surface area contributed by atoms with Gasteiger partial charge in [0.15, 0.2) is 0 Å². The van der Waals surface area contributed by atoms with E-state index >= 15 is 0 Å². The van der Waals surface area contributed by atoms with Crippen molar-refractivity contribution in [3.05, 3.63) is 12.2 Å². The molecule has 1 aliphatic carbocycles. The van der Waals surface area contributed by atoms with Crippen LogP contribution in [0.3, 0.4) is 0 Å². The fourth-order valence-corrected chi connectivity index (χ4v) is 3.41. The molecule has 0 heterocycles. The maximum atomic E-state index is 12.1. The summed E-state index contributed by atoms with van der Waals surface area (Å²) in [6, 6.07) is 0. The van der Waals surface area contributed by atoms with Crippen molar-refractivity contribution < 1.29 is 24.5 Å². The number of ketones is 1. The topological polar surface area (TPSA) is 83.8 Å². The van der Waals surface area contributed by atoms with Gasteiger partial charge in [0.25, 0.3) is 0 Å². The molecule has 0 radical (unpaired) electrons. The Labute approximate surface area is 151 Å². The summed E-state index contributed by atoms with van der Waals surface area (Å²) in [5.74, 6) is -0.402. The van der Waals surface area contributed by atoms with Gasteiger partial charge in [0.05, 0.1) is 5.60 Å². The van der Waals surface area contributed by atoms with Crippen molar-refractivity contribution in [2.75, 3.05) is 13.2 Å². The maximum absolute atomic E-state index is 12.1. The van der Waals surface area contributed by atoms with E-state index in [2.05, 4.69) is 6.92 Å². The molecule has 144 valence electrons. The van der Waals surface area contributed by atoms with E-state index in [4.69, 9.17) is 9.84 Å². The highest BCUT2D eigenvalue weighted by Crippen LogP contribution is 2.34. The molecule has 1 unspecified atom stereocenters. The van der Waals surface area contributed by atoms with E-state index < -0.39 is 11.6 Å². The van der Waals surface area contributed by atoms with Gasteiger partial charge < -0.3 is 14.9 Å². The van der Waals surface area contributed by atoms with E-state index in [1.54, 1.807) is 0 Å². The molecule has 1 aliphatic rings. The lowest BCUT2D eigenvalue weighted by molar-refractivity contribution is -0.142. The normalized spacial score (nSPS) is 23.2. The second-order valence-electron chi connectivity index (χ2n) is 7.39. The van der Waals surface area contributed by atoms with Gasteiger partial charge in [-0.25, -0.2) is 4.79 Å². The number of aliphatic hydroxyl groups is 1. The second kappa shape index (κ2) is 11.4. The third-order valence-corrected chi connectivity index (χ3v) is 4.92. The second-order valence-corrected chi connectivity index (χ2v) is 7.39. The maximum Gasteiger partial charge on any atom is 0.329 e. The minimum Gasteiger partial charge on any atom is -0.480 e. The fraction of sp³-hybridized carbons (Fsp3) is 0.800. The van der Waals surface area contributed by atoms with Crippen LogP contribution in [0, 0.1) is 11.8 Å². The Morgan fingerprint density at radius 2 is 2.08 bits per heavy atom. The molecule has 1 saturated carbocycles. The summed E-state index contributed by atoms with van der Waals surface area (Å²) in [7, 11) is 0. The number of allylic oxidation sites excluding steroid dienone is 1. The molecular formula is C20H34O5. The molecule has 0 aromatic carbocycles. The molecule has 0 amide bonds. The van der Waals surface area contributed by atoms with Crippen LogP contribution in [0.2, 0.25) is 0 Å². The highest BCUT2D eigenvalue weighted by molar-refractivity contribution is 5.83. The number of hydrogen-bond acceptors (Lipinski definition) is 4. The highest BCUT2D eigenvalue weighted by atomic mass is 16.5. The van der Waals surface area contributed by atoms with E-state index in [1.807, 2.05) is 19.1 Å². The summed E-state index contributed by atoms with van der Waals surface area (Å²) in [4.78, 5) is 22.5. The van der Waals surface area contributed by atoms with Crippen LogP contribution >= 0.6 is 0 Å². The van der Waals surface area contributed by atoms with Crippen molar-refractivity contribution in [3.8, 4) is 0 Å². The zero-order valence-electron chi connectivity index (χ0n) is 15.7. The van der Waals surface area contributed by atoms with Crippen LogP contribution in [-0.4, -0.2) is 40.8 Å². The number of rotatable bonds is 13. The van der Waals surface area contributed by atoms with Gasteiger partial charge in [-0.05, 0) is 38.5 Å². The minimum absolute atomic E-state index is 0.0298. The number of Topliss-reactive ketones (excluding diaryl/α,β-unsaturated/α-hetero) is 1. The van der Waals surface area contributed by atoms with E-state index in [0.29, 0.717) is 18.8 Å². The first-order valence-electron chi connectivity index (χ1n) is 9.59. The first-order valence-corrected chi connectivity index (χ1v) is 9.59. The molecule has 5 nitrogen and oxygen atoms in total. The average Bonchev–Trinajstić information content (AvgIpc) is 2.89. The Bertz CT molecular complexity index is 441. The lowest BCUT2D eigenvalue weighted by Crippen LogP contribution is -2.21. The van der Waals surface area contributed by atoms with Crippen LogP contribution in [0.5, 0.6) is 0 Å². The van der Waals surface area contributed by atoms with Crippen molar-refractivity contribution in [2.45, 2.75) is 77.2 Å². The first kappa shape index (κ1) is 21.8. The van der Waals surface area contributed by atoms with Gasteiger partial charge in [-0.3, -0.25) is 4.79 Å². The summed E-state index contributed by atoms with van der Waals surface area (Å²) < 4.78 is 5.02. The Hall–Kier alpha value is -1.20. The number of carbonyl (C=O) groups excluding carboxylic acids is 1. The van der Waals surface area contributed by atoms with Crippen molar-refractivity contribution in [3.63, 3.8) is 0 Å². The molecule has 1 fully saturated rings. The quantitative estimate of drug-likeness (QED) is 0.389. The van der Waals surface area contributed by atoms with Crippen LogP contribution in [0.4, 0.5) is 0 Å². The standard InChI is InChI=1S/C20H34O5/c1-3-4-6-12-20(2,24)13-11-16-9-10-18(21)17(16)8-5-7-14-25-15-19(22)23/h11,13,16-17,24H,3-10,12,14-15H2,1-2H3,(H,22,23)/b13-11+/t16?,17-,20+/m1/s1. The van der Waals surface area contributed by atoms with Gasteiger partial charge in [-0.2, -0.15) is 0 Å². The van der Waals surface area contributed by atoms with Crippen LogP contribution in [0.15, 0.2) is 12.2 Å². The summed E-state index contributed by atoms with van der Waals surface area (Å²) in [5, 5.41) is 18.9. The molecule has 0 spiro atoms. The summed E-state index contributed by atoms with van der Waals surface area (Å²) >= 11 is 0. The summed E-state index contributed by atoms with van der Waals surface area (Å²) in [6.07, 6.45) is 11.9. The third-order valence-electron chi connectivity index (χ3n) is 4.92. The fourth-order valence-electron chi connectivity index (χ4n) is 3.41. The molecule has 0 aromatic heterocycles. The van der Waals surface area contributed by atoms with E-state index in [-0.39, 0.29) is 18.4 Å². The first-order chi connectivity index (χ1) is 11.9. The Balaban J connectivity index is 2.38. The molecule has 2 N–H and O–H groups in total. The Morgan fingerprint density at radius 1 is 1.32 bits per heavy atom. The smallest absolute Gasteiger partial charge is 0.329 e. The van der Waals surface area contributed by atoms with Gasteiger partial charge in [0.2, 0.25) is 0 Å². The third kappa shape index (κ3) is 9.17. The molecule has 0 aromatic rings. The van der Waals surface area contributed by atoms with Crippen molar-refractivity contribution in [1.82, 2.24) is 0 Å². The van der Waals surface area contributed by atoms with Crippen LogP contribution in [-0.2, 0) is 14.3 Å². The number of carbonyl (C=O) groups is 2. The largest absolute Gasteiger partial charge is 0.480 e. The number of unbranched alkanes of at least 4 members (excludes halogenated alkanes) is 3. The van der Waals surface area contributed by atoms with Gasteiger partial charge in [-0.15, -0.1) is 0 Å². The van der Waals surface area contributed by atoms with Crippen LogP contribution < -0.4 is 0 Å². The molecule has 0 bridgehead atoms. The highest BCUT2D eigenvalue weighted by Gasteiger charge is 2.32. The van der Waals surface area contributed by atoms with E-state index in [0.717, 1.165) is 51.4 Å². The molecule has 0 saturated heterocycles. The lowest BCUT2D eigenvalue weighted by atomic mass is 9.88. The van der Waals surface area contributed by atoms with E-state index in [9.17, 15) is 14.7 Å². The Kier molecular flexibility index (Phi) is 9.98. The predicted molar refractivity (Wildman–Crippen MR) is 97.4 cm³/mol. The minimum atomic E-state index is -0.956. The predicted octanol–water partition coefficient (Wildman–Crippen LogP) is 3.74. The lowest BCUT2D eigenvalue weighted by Gasteiger charge is -2.21. The average molecular weight is 354 g/mol. The molecular weight excluding hydrogens is 320 g/mol. The van der Waals surface area contributed by atoms with Crippen molar-refractivity contribution in [2.24, 2.45) is 11.8 Å². The van der Waals surface area contributed by atoms with Gasteiger partial charge in [0, 0.05) is 18.9 Å². The van der Waals surface area contributed by atoms with Crippen molar-refractivity contribution >= 4 is 11.8 Å². The molecule has 3 atom stereocenters. The number of carboxylic acid groups (broad SMARTS) is 1. The van der Waals surface area contributed by atoms with E-state index in [1.165, 1.54) is 0 Å². The number of carboxylic acids is 1. The van der Waals surface area contributed by atoms with Gasteiger partial charge >= 0.3 is 5.97 Å². The molecule has 25 heavy (non-hydrogen) atoms. The number of ether oxygens (including phenoxy) is 1. The van der Waals surface area contributed by atoms with Crippen LogP contribution in [0.1, 0.15) is 71.6 Å². The zero-order valence-corrected chi connectivity index (χ0v) is 15.7. The summed E-state index contributed by atoms with van der Waals surface area (Å²) in [6.45, 7) is 4.14. The monoisotopic (exact) mass is 354 g/mol. The van der Waals surface area contributed by atoms with Crippen LogP contribution in [0.25, 0.3) is 0 Å². The molecule has 5 heteroatoms. The van der Waals surface area contributed by atoms with Crippen molar-refractivity contribution in [1.29, 1.82) is 0 Å². The summed E-state index contributed by atoms with van der Waals surface area (Å²) in [5.41, 5.74) is -0.796. The number of aliphatic carboxylic acids is 1. The Morgan fingerprint density at radius 3 is 2.76 bits per heavy atom. The SMILES string of the molecule is CCCCC[C@](C)(O)/C=C/C1CCC(=O)[C@@H]1CCCCOCC(=O)O. The molecule has 1 rings (SSSR count). The molecule has 0 aliphatic heterocycles. The zero-order chi connectivity index (χ0) is 18.7. The number of hydrogen-bond donors (Lipinski definition) is 2. The van der Waals surface area contributed by atoms with Gasteiger partial charge in [-0.1, -0.05) is 44.8 Å². The van der Waals surface area contributed by atoms with Gasteiger partial charge in [0.1, 0.15) is 12.4 Å².